The van der Waals surface area contributed by atoms with Gasteiger partial charge in [0.15, 0.2) is 0 Å². The summed E-state index contributed by atoms with van der Waals surface area (Å²) in [7, 11) is 0. The molecular weight excluding hydrogens is 252 g/mol. The van der Waals surface area contributed by atoms with Crippen LogP contribution in [-0.2, 0) is 9.47 Å². The summed E-state index contributed by atoms with van der Waals surface area (Å²) in [6.45, 7) is 2.27. The molecule has 2 aliphatic rings. The van der Waals surface area contributed by atoms with Gasteiger partial charge in [0.2, 0.25) is 0 Å². The topological polar surface area (TPSA) is 82.3 Å². The average molecular weight is 270 g/mol. The number of hydrogen-bond acceptors (Lipinski definition) is 7. The molecule has 0 saturated carbocycles. The molecule has 1 spiro atoms. The first-order chi connectivity index (χ1) is 8.83. The van der Waals surface area contributed by atoms with Gasteiger partial charge in [0, 0.05) is 19.6 Å². The predicted molar refractivity (Wildman–Crippen MR) is 66.8 cm³/mol. The number of hydrogen-bond donors (Lipinski definition) is 2. The number of nitrogens with one attached hydrogen (secondary N) is 1. The fourth-order valence-corrected chi connectivity index (χ4v) is 3.44. The van der Waals surface area contributed by atoms with Gasteiger partial charge < -0.3 is 9.47 Å². The summed E-state index contributed by atoms with van der Waals surface area (Å²) in [5, 5.41) is 0. The molecule has 0 aliphatic carbocycles. The van der Waals surface area contributed by atoms with Gasteiger partial charge in [-0.1, -0.05) is 0 Å². The summed E-state index contributed by atoms with van der Waals surface area (Å²) in [6, 6.07) is 0.0603. The number of nitrogens with zero attached hydrogens (tertiary/aromatic N) is 2. The van der Waals surface area contributed by atoms with Crippen molar-refractivity contribution in [2.24, 2.45) is 11.8 Å². The molecule has 3 N–H and O–H groups in total. The van der Waals surface area contributed by atoms with Gasteiger partial charge in [-0.05, 0) is 18.8 Å². The van der Waals surface area contributed by atoms with Crippen molar-refractivity contribution in [2.75, 3.05) is 19.8 Å². The van der Waals surface area contributed by atoms with Crippen LogP contribution in [0.1, 0.15) is 31.0 Å². The molecule has 0 amide bonds. The molecule has 0 aromatic carbocycles. The quantitative estimate of drug-likeness (QED) is 0.619. The van der Waals surface area contributed by atoms with Crippen LogP contribution in [0.2, 0.25) is 0 Å². The summed E-state index contributed by atoms with van der Waals surface area (Å²) in [6.07, 6.45) is 4.74. The highest BCUT2D eigenvalue weighted by molar-refractivity contribution is 6.99. The summed E-state index contributed by atoms with van der Waals surface area (Å²) < 4.78 is 19.8. The summed E-state index contributed by atoms with van der Waals surface area (Å²) >= 11 is 1.22. The maximum atomic E-state index is 5.94. The first-order valence-electron chi connectivity index (χ1n) is 6.28. The Kier molecular flexibility index (Phi) is 3.58. The lowest BCUT2D eigenvalue weighted by molar-refractivity contribution is -0.103. The number of ether oxygens (including phenoxy) is 2. The fourth-order valence-electron chi connectivity index (χ4n) is 2.99. The minimum atomic E-state index is -0.0958. The number of rotatable bonds is 3. The van der Waals surface area contributed by atoms with Crippen LogP contribution in [0, 0.1) is 5.92 Å². The van der Waals surface area contributed by atoms with Gasteiger partial charge in [-0.2, -0.15) is 8.75 Å². The minimum absolute atomic E-state index is 0.0603. The molecule has 3 unspecified atom stereocenters. The largest absolute Gasteiger partial charge is 0.378 e. The second-order valence-corrected chi connectivity index (χ2v) is 5.62. The maximum Gasteiger partial charge on any atom is 0.0940 e. The zero-order chi connectivity index (χ0) is 12.4. The van der Waals surface area contributed by atoms with Crippen LogP contribution >= 0.6 is 11.7 Å². The van der Waals surface area contributed by atoms with Crippen molar-refractivity contribution in [2.45, 2.75) is 30.9 Å². The van der Waals surface area contributed by atoms with E-state index in [0.29, 0.717) is 12.5 Å². The van der Waals surface area contributed by atoms with E-state index in [-0.39, 0.29) is 11.6 Å². The van der Waals surface area contributed by atoms with Crippen LogP contribution in [0.3, 0.4) is 0 Å². The summed E-state index contributed by atoms with van der Waals surface area (Å²) in [5.74, 6) is 6.12. The third-order valence-electron chi connectivity index (χ3n) is 3.95. The number of aromatic nitrogens is 2. The third-order valence-corrected chi connectivity index (χ3v) is 4.44. The van der Waals surface area contributed by atoms with Crippen molar-refractivity contribution in [3.05, 3.63) is 11.9 Å². The third kappa shape index (κ3) is 2.28. The van der Waals surface area contributed by atoms with Crippen molar-refractivity contribution >= 4 is 11.7 Å². The molecule has 1 aromatic heterocycles. The van der Waals surface area contributed by atoms with Crippen LogP contribution in [-0.4, -0.2) is 34.2 Å². The summed E-state index contributed by atoms with van der Waals surface area (Å²) in [4.78, 5) is 0. The standard InChI is InChI=1S/C11H18N4O2S/c12-14-10(9-6-13-18-15-9)8-1-3-17-11(5-8)2-4-16-7-11/h6,8,10,14H,1-5,7,12H2. The zero-order valence-electron chi connectivity index (χ0n) is 10.2. The predicted octanol–water partition coefficient (Wildman–Crippen LogP) is 0.628. The van der Waals surface area contributed by atoms with Crippen LogP contribution in [0.25, 0.3) is 0 Å². The van der Waals surface area contributed by atoms with Gasteiger partial charge in [0.05, 0.1) is 41.9 Å². The Labute approximate surface area is 110 Å². The molecule has 3 atom stereocenters. The van der Waals surface area contributed by atoms with Crippen LogP contribution in [0.5, 0.6) is 0 Å². The maximum absolute atomic E-state index is 5.94. The molecule has 0 bridgehead atoms. The van der Waals surface area contributed by atoms with E-state index in [1.54, 1.807) is 6.20 Å². The van der Waals surface area contributed by atoms with E-state index in [1.807, 2.05) is 0 Å². The van der Waals surface area contributed by atoms with Crippen LogP contribution < -0.4 is 11.3 Å². The Balaban J connectivity index is 1.74. The van der Waals surface area contributed by atoms with Gasteiger partial charge in [-0.15, -0.1) is 0 Å². The normalized spacial score (nSPS) is 33.9. The Morgan fingerprint density at radius 2 is 2.50 bits per heavy atom. The molecule has 0 radical (unpaired) electrons. The van der Waals surface area contributed by atoms with Gasteiger partial charge in [0.25, 0.3) is 0 Å². The molecule has 2 aliphatic heterocycles. The van der Waals surface area contributed by atoms with Crippen molar-refractivity contribution in [3.63, 3.8) is 0 Å². The molecule has 2 saturated heterocycles. The highest BCUT2D eigenvalue weighted by atomic mass is 32.1. The Morgan fingerprint density at radius 1 is 1.56 bits per heavy atom. The fraction of sp³-hybridized carbons (Fsp3) is 0.818. The second-order valence-electron chi connectivity index (χ2n) is 5.06. The molecule has 2 fully saturated rings. The van der Waals surface area contributed by atoms with Gasteiger partial charge in [-0.3, -0.25) is 11.3 Å². The zero-order valence-corrected chi connectivity index (χ0v) is 11.0. The van der Waals surface area contributed by atoms with Crippen molar-refractivity contribution in [1.82, 2.24) is 14.2 Å². The molecule has 7 heteroatoms. The second kappa shape index (κ2) is 5.18. The van der Waals surface area contributed by atoms with E-state index in [1.165, 1.54) is 11.7 Å². The monoisotopic (exact) mass is 270 g/mol. The molecule has 100 valence electrons. The van der Waals surface area contributed by atoms with E-state index in [0.717, 1.165) is 38.2 Å². The molecule has 1 aromatic rings. The van der Waals surface area contributed by atoms with Gasteiger partial charge >= 0.3 is 0 Å². The first-order valence-corrected chi connectivity index (χ1v) is 7.01. The van der Waals surface area contributed by atoms with Gasteiger partial charge in [-0.25, -0.2) is 0 Å². The van der Waals surface area contributed by atoms with Gasteiger partial charge in [0.1, 0.15) is 0 Å². The molecular formula is C11H18N4O2S. The van der Waals surface area contributed by atoms with E-state index in [2.05, 4.69) is 14.2 Å². The highest BCUT2D eigenvalue weighted by Gasteiger charge is 2.43. The average Bonchev–Trinajstić information content (AvgIpc) is 3.03. The molecule has 6 nitrogen and oxygen atoms in total. The lowest BCUT2D eigenvalue weighted by atomic mass is 9.80. The van der Waals surface area contributed by atoms with Crippen molar-refractivity contribution in [3.8, 4) is 0 Å². The van der Waals surface area contributed by atoms with E-state index < -0.39 is 0 Å². The van der Waals surface area contributed by atoms with Crippen molar-refractivity contribution in [1.29, 1.82) is 0 Å². The Bertz CT molecular complexity index is 380. The van der Waals surface area contributed by atoms with Crippen LogP contribution in [0.15, 0.2) is 6.20 Å². The first kappa shape index (κ1) is 12.4. The van der Waals surface area contributed by atoms with E-state index >= 15 is 0 Å². The lowest BCUT2D eigenvalue weighted by Gasteiger charge is -2.39. The Morgan fingerprint density at radius 3 is 3.17 bits per heavy atom. The lowest BCUT2D eigenvalue weighted by Crippen LogP contribution is -2.45. The highest BCUT2D eigenvalue weighted by Crippen LogP contribution is 2.40. The van der Waals surface area contributed by atoms with Crippen LogP contribution in [0.4, 0.5) is 0 Å². The van der Waals surface area contributed by atoms with E-state index in [9.17, 15) is 0 Å². The van der Waals surface area contributed by atoms with E-state index in [4.69, 9.17) is 15.3 Å². The summed E-state index contributed by atoms with van der Waals surface area (Å²) in [5.41, 5.74) is 3.73. The molecule has 3 rings (SSSR count). The minimum Gasteiger partial charge on any atom is -0.378 e. The molecule has 18 heavy (non-hydrogen) atoms. The number of hydrazine groups is 1. The molecule has 3 heterocycles. The Hall–Kier alpha value is -0.600. The SMILES string of the molecule is NNC(c1cnsn1)C1CCOC2(CCOC2)C1. The van der Waals surface area contributed by atoms with Crippen molar-refractivity contribution < 1.29 is 9.47 Å². The number of nitrogens with two attached hydrogens (primary N) is 1. The smallest absolute Gasteiger partial charge is 0.0940 e.